The lowest BCUT2D eigenvalue weighted by Gasteiger charge is -2.36. The van der Waals surface area contributed by atoms with E-state index in [0.717, 1.165) is 32.4 Å². The van der Waals surface area contributed by atoms with Crippen LogP contribution in [0.1, 0.15) is 36.8 Å². The predicted octanol–water partition coefficient (Wildman–Crippen LogP) is 2.34. The van der Waals surface area contributed by atoms with E-state index in [1.54, 1.807) is 0 Å². The normalized spacial score (nSPS) is 26.1. The van der Waals surface area contributed by atoms with Crippen LogP contribution in [0.4, 0.5) is 0 Å². The summed E-state index contributed by atoms with van der Waals surface area (Å²) in [6, 6.07) is 8.48. The van der Waals surface area contributed by atoms with Crippen LogP contribution < -0.4 is 5.73 Å². The van der Waals surface area contributed by atoms with Crippen LogP contribution in [-0.2, 0) is 17.8 Å². The Morgan fingerprint density at radius 1 is 1.20 bits per heavy atom. The Balaban J connectivity index is 1.72. The fourth-order valence-corrected chi connectivity index (χ4v) is 3.73. The lowest BCUT2D eigenvalue weighted by atomic mass is 9.78. The summed E-state index contributed by atoms with van der Waals surface area (Å²) in [5, 5.41) is 0. The molecular weight excluding hydrogens is 248 g/mol. The van der Waals surface area contributed by atoms with Crippen molar-refractivity contribution in [3.8, 4) is 0 Å². The first-order chi connectivity index (χ1) is 9.79. The Kier molecular flexibility index (Phi) is 4.06. The van der Waals surface area contributed by atoms with Crippen molar-refractivity contribution in [3.05, 3.63) is 35.4 Å². The van der Waals surface area contributed by atoms with Gasteiger partial charge < -0.3 is 10.6 Å². The van der Waals surface area contributed by atoms with E-state index in [-0.39, 0.29) is 5.92 Å². The van der Waals surface area contributed by atoms with E-state index >= 15 is 0 Å². The van der Waals surface area contributed by atoms with E-state index in [0.29, 0.717) is 18.4 Å². The molecule has 20 heavy (non-hydrogen) atoms. The second-order valence-electron chi connectivity index (χ2n) is 6.17. The van der Waals surface area contributed by atoms with Crippen molar-refractivity contribution in [1.29, 1.82) is 0 Å². The van der Waals surface area contributed by atoms with Gasteiger partial charge in [-0.15, -0.1) is 0 Å². The molecule has 0 aromatic heterocycles. The number of carbonyl (C=O) groups excluding carboxylic acids is 1. The zero-order valence-corrected chi connectivity index (χ0v) is 12.1. The standard InChI is InChI=1S/C17H24N2O/c18-11-14-6-3-4-8-16(14)17(20)19-10-9-13-5-1-2-7-15(13)12-19/h1-2,5,7,14,16H,3-4,6,8-12,18H2. The minimum absolute atomic E-state index is 0.166. The molecule has 0 bridgehead atoms. The Morgan fingerprint density at radius 2 is 1.95 bits per heavy atom. The highest BCUT2D eigenvalue weighted by molar-refractivity contribution is 5.79. The molecule has 1 saturated carbocycles. The smallest absolute Gasteiger partial charge is 0.226 e. The van der Waals surface area contributed by atoms with Crippen molar-refractivity contribution in [3.63, 3.8) is 0 Å². The first-order valence-electron chi connectivity index (χ1n) is 7.85. The van der Waals surface area contributed by atoms with Crippen molar-refractivity contribution >= 4 is 5.91 Å². The van der Waals surface area contributed by atoms with Crippen LogP contribution in [0.15, 0.2) is 24.3 Å². The SMILES string of the molecule is NCC1CCCCC1C(=O)N1CCc2ccccc2C1. The molecule has 0 saturated heterocycles. The molecule has 1 aliphatic carbocycles. The van der Waals surface area contributed by atoms with Crippen LogP contribution in [-0.4, -0.2) is 23.9 Å². The number of fused-ring (bicyclic) bond motifs is 1. The fourth-order valence-electron chi connectivity index (χ4n) is 3.73. The molecule has 1 heterocycles. The zero-order chi connectivity index (χ0) is 13.9. The number of amides is 1. The van der Waals surface area contributed by atoms with E-state index in [1.807, 2.05) is 0 Å². The van der Waals surface area contributed by atoms with Gasteiger partial charge in [-0.1, -0.05) is 37.1 Å². The maximum absolute atomic E-state index is 12.8. The molecule has 1 fully saturated rings. The minimum Gasteiger partial charge on any atom is -0.338 e. The summed E-state index contributed by atoms with van der Waals surface area (Å²) >= 11 is 0. The van der Waals surface area contributed by atoms with E-state index in [1.165, 1.54) is 24.0 Å². The topological polar surface area (TPSA) is 46.3 Å². The molecule has 2 N–H and O–H groups in total. The van der Waals surface area contributed by atoms with Gasteiger partial charge in [0.15, 0.2) is 0 Å². The number of hydrogen-bond donors (Lipinski definition) is 1. The average Bonchev–Trinajstić information content (AvgIpc) is 2.53. The van der Waals surface area contributed by atoms with Crippen molar-refractivity contribution < 1.29 is 4.79 Å². The summed E-state index contributed by atoms with van der Waals surface area (Å²) in [6.07, 6.45) is 5.55. The van der Waals surface area contributed by atoms with Gasteiger partial charge in [-0.2, -0.15) is 0 Å². The molecule has 3 heteroatoms. The second kappa shape index (κ2) is 5.96. The molecule has 2 atom stereocenters. The quantitative estimate of drug-likeness (QED) is 0.898. The summed E-state index contributed by atoms with van der Waals surface area (Å²) in [5.41, 5.74) is 8.58. The molecule has 1 aliphatic heterocycles. The van der Waals surface area contributed by atoms with Gasteiger partial charge in [-0.3, -0.25) is 4.79 Å². The number of hydrogen-bond acceptors (Lipinski definition) is 2. The third-order valence-electron chi connectivity index (χ3n) is 4.97. The molecule has 3 nitrogen and oxygen atoms in total. The van der Waals surface area contributed by atoms with Gasteiger partial charge in [0.2, 0.25) is 5.91 Å². The molecule has 1 aromatic rings. The molecule has 2 unspecified atom stereocenters. The van der Waals surface area contributed by atoms with Gasteiger partial charge in [0.25, 0.3) is 0 Å². The van der Waals surface area contributed by atoms with Crippen molar-refractivity contribution in [2.45, 2.75) is 38.6 Å². The monoisotopic (exact) mass is 272 g/mol. The van der Waals surface area contributed by atoms with Crippen LogP contribution in [0.3, 0.4) is 0 Å². The summed E-state index contributed by atoms with van der Waals surface area (Å²) in [5.74, 6) is 0.905. The van der Waals surface area contributed by atoms with Gasteiger partial charge in [-0.25, -0.2) is 0 Å². The molecule has 1 amide bonds. The van der Waals surface area contributed by atoms with E-state index in [4.69, 9.17) is 5.73 Å². The van der Waals surface area contributed by atoms with Crippen LogP contribution in [0.5, 0.6) is 0 Å². The maximum atomic E-state index is 12.8. The van der Waals surface area contributed by atoms with Gasteiger partial charge in [0.05, 0.1) is 0 Å². The molecule has 0 spiro atoms. The molecule has 1 aromatic carbocycles. The van der Waals surface area contributed by atoms with Crippen molar-refractivity contribution in [1.82, 2.24) is 4.90 Å². The van der Waals surface area contributed by atoms with E-state index in [9.17, 15) is 4.79 Å². The van der Waals surface area contributed by atoms with E-state index < -0.39 is 0 Å². The number of nitrogens with two attached hydrogens (primary N) is 1. The first-order valence-corrected chi connectivity index (χ1v) is 7.85. The van der Waals surface area contributed by atoms with Gasteiger partial charge in [0.1, 0.15) is 0 Å². The minimum atomic E-state index is 0.166. The summed E-state index contributed by atoms with van der Waals surface area (Å²) < 4.78 is 0. The number of carbonyl (C=O) groups is 1. The van der Waals surface area contributed by atoms with Gasteiger partial charge in [0, 0.05) is 19.0 Å². The third kappa shape index (κ3) is 2.59. The largest absolute Gasteiger partial charge is 0.338 e. The lowest BCUT2D eigenvalue weighted by Crippen LogP contribution is -2.44. The van der Waals surface area contributed by atoms with Crippen molar-refractivity contribution in [2.75, 3.05) is 13.1 Å². The number of nitrogens with zero attached hydrogens (tertiary/aromatic N) is 1. The fraction of sp³-hybridized carbons (Fsp3) is 0.588. The molecule has 0 radical (unpaired) electrons. The Hall–Kier alpha value is -1.35. The molecular formula is C17H24N2O. The van der Waals surface area contributed by atoms with Crippen LogP contribution in [0.25, 0.3) is 0 Å². The number of rotatable bonds is 2. The van der Waals surface area contributed by atoms with Crippen LogP contribution in [0, 0.1) is 11.8 Å². The zero-order valence-electron chi connectivity index (χ0n) is 12.1. The number of benzene rings is 1. The molecule has 108 valence electrons. The highest BCUT2D eigenvalue weighted by Crippen LogP contribution is 2.32. The maximum Gasteiger partial charge on any atom is 0.226 e. The third-order valence-corrected chi connectivity index (χ3v) is 4.97. The second-order valence-corrected chi connectivity index (χ2v) is 6.17. The van der Waals surface area contributed by atoms with Crippen LogP contribution in [0.2, 0.25) is 0 Å². The van der Waals surface area contributed by atoms with Crippen molar-refractivity contribution in [2.24, 2.45) is 17.6 Å². The molecule has 3 rings (SSSR count). The van der Waals surface area contributed by atoms with Crippen LogP contribution >= 0.6 is 0 Å². The summed E-state index contributed by atoms with van der Waals surface area (Å²) in [4.78, 5) is 14.9. The average molecular weight is 272 g/mol. The molecule has 2 aliphatic rings. The van der Waals surface area contributed by atoms with Gasteiger partial charge >= 0.3 is 0 Å². The Morgan fingerprint density at radius 3 is 2.75 bits per heavy atom. The summed E-state index contributed by atoms with van der Waals surface area (Å²) in [7, 11) is 0. The lowest BCUT2D eigenvalue weighted by molar-refractivity contribution is -0.139. The summed E-state index contributed by atoms with van der Waals surface area (Å²) in [6.45, 7) is 2.30. The Bertz CT molecular complexity index is 486. The highest BCUT2D eigenvalue weighted by atomic mass is 16.2. The predicted molar refractivity (Wildman–Crippen MR) is 80.1 cm³/mol. The Labute approximate surface area is 121 Å². The van der Waals surface area contributed by atoms with E-state index in [2.05, 4.69) is 29.2 Å². The highest BCUT2D eigenvalue weighted by Gasteiger charge is 2.33. The first kappa shape index (κ1) is 13.6. The van der Waals surface area contributed by atoms with Gasteiger partial charge in [-0.05, 0) is 42.9 Å².